The molecule has 0 heterocycles. The van der Waals surface area contributed by atoms with Gasteiger partial charge in [-0.25, -0.2) is 10.1 Å². The maximum absolute atomic E-state index is 10.9. The molecule has 10 heavy (non-hydrogen) atoms. The van der Waals surface area contributed by atoms with Gasteiger partial charge in [0.1, 0.15) is 6.04 Å². The number of allylic oxidation sites excluding steroid dienone is 1. The summed E-state index contributed by atoms with van der Waals surface area (Å²) in [6, 6.07) is 0.120. The van der Waals surface area contributed by atoms with E-state index in [4.69, 9.17) is 0 Å². The molecule has 3 heteroatoms. The SMILES string of the molecule is CO[NH+]([O-])C1CC=CCC1. The van der Waals surface area contributed by atoms with E-state index in [1.807, 2.05) is 6.08 Å². The number of rotatable bonds is 2. The molecule has 0 saturated heterocycles. The third-order valence-corrected chi connectivity index (χ3v) is 1.80. The van der Waals surface area contributed by atoms with E-state index in [0.29, 0.717) is 0 Å². The summed E-state index contributed by atoms with van der Waals surface area (Å²) in [4.78, 5) is 4.62. The first-order valence-electron chi connectivity index (χ1n) is 3.57. The lowest BCUT2D eigenvalue weighted by atomic mass is 10.0. The van der Waals surface area contributed by atoms with Crippen LogP contribution in [-0.4, -0.2) is 13.2 Å². The largest absolute Gasteiger partial charge is 0.600 e. The van der Waals surface area contributed by atoms with Crippen LogP contribution in [0.15, 0.2) is 12.2 Å². The predicted octanol–water partition coefficient (Wildman–Crippen LogP) is 0.0392. The molecular formula is C7H13NO2. The zero-order chi connectivity index (χ0) is 7.40. The van der Waals surface area contributed by atoms with Crippen LogP contribution in [-0.2, 0) is 4.84 Å². The molecule has 0 aromatic heterocycles. The van der Waals surface area contributed by atoms with Crippen LogP contribution in [0.2, 0.25) is 0 Å². The molecule has 0 spiro atoms. The molecule has 58 valence electrons. The molecule has 0 fully saturated rings. The number of nitrogens with one attached hydrogen (secondary N) is 1. The summed E-state index contributed by atoms with van der Waals surface area (Å²) in [5.41, 5.74) is 0. The topological polar surface area (TPSA) is 36.7 Å². The van der Waals surface area contributed by atoms with Crippen molar-refractivity contribution in [3.05, 3.63) is 17.4 Å². The first-order chi connectivity index (χ1) is 4.84. The summed E-state index contributed by atoms with van der Waals surface area (Å²) < 4.78 is 0. The van der Waals surface area contributed by atoms with Crippen LogP contribution >= 0.6 is 0 Å². The minimum absolute atomic E-state index is 0.0654. The minimum atomic E-state index is -0.0654. The van der Waals surface area contributed by atoms with E-state index >= 15 is 0 Å². The highest BCUT2D eigenvalue weighted by Crippen LogP contribution is 2.07. The van der Waals surface area contributed by atoms with Gasteiger partial charge in [-0.3, -0.25) is 0 Å². The van der Waals surface area contributed by atoms with Crippen LogP contribution in [0.25, 0.3) is 0 Å². The number of hydroxylamine groups is 2. The Kier molecular flexibility index (Phi) is 2.86. The fourth-order valence-electron chi connectivity index (χ4n) is 1.17. The van der Waals surface area contributed by atoms with Crippen LogP contribution in [0, 0.1) is 5.21 Å². The molecule has 3 nitrogen and oxygen atoms in total. The van der Waals surface area contributed by atoms with E-state index in [9.17, 15) is 5.21 Å². The van der Waals surface area contributed by atoms with Crippen molar-refractivity contribution >= 4 is 0 Å². The number of hydrogen-bond acceptors (Lipinski definition) is 2. The molecule has 1 N–H and O–H groups in total. The summed E-state index contributed by atoms with van der Waals surface area (Å²) in [6.07, 6.45) is 6.97. The monoisotopic (exact) mass is 143 g/mol. The normalized spacial score (nSPS) is 28.4. The van der Waals surface area contributed by atoms with E-state index in [2.05, 4.69) is 10.9 Å². The summed E-state index contributed by atoms with van der Waals surface area (Å²) in [5, 5.41) is 10.8. The smallest absolute Gasteiger partial charge is 0.121 e. The third kappa shape index (κ3) is 1.80. The van der Waals surface area contributed by atoms with Gasteiger partial charge < -0.3 is 5.21 Å². The Labute approximate surface area is 60.8 Å². The predicted molar refractivity (Wildman–Crippen MR) is 38.1 cm³/mol. The van der Waals surface area contributed by atoms with Crippen LogP contribution in [0.3, 0.4) is 0 Å². The van der Waals surface area contributed by atoms with Gasteiger partial charge in [-0.1, -0.05) is 12.2 Å². The second-order valence-corrected chi connectivity index (χ2v) is 2.50. The summed E-state index contributed by atoms with van der Waals surface area (Å²) in [6.45, 7) is 0. The van der Waals surface area contributed by atoms with Gasteiger partial charge in [-0.15, -0.1) is 0 Å². The Morgan fingerprint density at radius 1 is 1.60 bits per heavy atom. The van der Waals surface area contributed by atoms with E-state index in [-0.39, 0.29) is 11.3 Å². The van der Waals surface area contributed by atoms with Gasteiger partial charge in [0.25, 0.3) is 0 Å². The molecular weight excluding hydrogens is 130 g/mol. The Hall–Kier alpha value is -0.380. The van der Waals surface area contributed by atoms with Crippen molar-refractivity contribution in [1.82, 2.24) is 0 Å². The highest BCUT2D eigenvalue weighted by atomic mass is 16.9. The molecule has 2 atom stereocenters. The van der Waals surface area contributed by atoms with Crippen LogP contribution in [0.4, 0.5) is 0 Å². The lowest BCUT2D eigenvalue weighted by Gasteiger charge is -2.27. The fourth-order valence-corrected chi connectivity index (χ4v) is 1.17. The highest BCUT2D eigenvalue weighted by molar-refractivity contribution is 4.89. The lowest BCUT2D eigenvalue weighted by molar-refractivity contribution is -1.07. The average molecular weight is 143 g/mol. The second kappa shape index (κ2) is 3.71. The van der Waals surface area contributed by atoms with E-state index in [0.717, 1.165) is 19.3 Å². The molecule has 1 aliphatic rings. The highest BCUT2D eigenvalue weighted by Gasteiger charge is 2.15. The van der Waals surface area contributed by atoms with Gasteiger partial charge in [0.2, 0.25) is 0 Å². The van der Waals surface area contributed by atoms with Crippen molar-refractivity contribution in [2.75, 3.05) is 7.11 Å². The number of quaternary nitrogens is 1. The molecule has 0 radical (unpaired) electrons. The second-order valence-electron chi connectivity index (χ2n) is 2.50. The van der Waals surface area contributed by atoms with Crippen molar-refractivity contribution in [2.45, 2.75) is 25.3 Å². The Bertz CT molecular complexity index is 125. The van der Waals surface area contributed by atoms with Crippen molar-refractivity contribution < 1.29 is 10.1 Å². The third-order valence-electron chi connectivity index (χ3n) is 1.80. The standard InChI is InChI=1S/C7H13NO2/c1-10-8(9)7-5-3-2-4-6-7/h2-3,7-8H,4-6H2,1H3. The quantitative estimate of drug-likeness (QED) is 0.437. The molecule has 0 aliphatic heterocycles. The molecule has 0 aromatic carbocycles. The van der Waals surface area contributed by atoms with Crippen molar-refractivity contribution in [1.29, 1.82) is 0 Å². The van der Waals surface area contributed by atoms with Gasteiger partial charge >= 0.3 is 0 Å². The average Bonchev–Trinajstić information content (AvgIpc) is 2.05. The molecule has 0 saturated carbocycles. The Morgan fingerprint density at radius 2 is 2.40 bits per heavy atom. The zero-order valence-corrected chi connectivity index (χ0v) is 6.17. The summed E-state index contributed by atoms with van der Waals surface area (Å²) in [5.74, 6) is 0. The summed E-state index contributed by atoms with van der Waals surface area (Å²) >= 11 is 0. The molecule has 0 aromatic rings. The van der Waals surface area contributed by atoms with E-state index in [1.165, 1.54) is 7.11 Å². The van der Waals surface area contributed by atoms with Gasteiger partial charge in [0.05, 0.1) is 7.11 Å². The summed E-state index contributed by atoms with van der Waals surface area (Å²) in [7, 11) is 1.45. The van der Waals surface area contributed by atoms with Crippen molar-refractivity contribution in [3.8, 4) is 0 Å². The first kappa shape index (κ1) is 7.72. The fraction of sp³-hybridized carbons (Fsp3) is 0.714. The maximum Gasteiger partial charge on any atom is 0.121 e. The number of hydrogen-bond donors (Lipinski definition) is 1. The van der Waals surface area contributed by atoms with Crippen molar-refractivity contribution in [3.63, 3.8) is 0 Å². The molecule has 0 amide bonds. The molecule has 2 unspecified atom stereocenters. The van der Waals surface area contributed by atoms with Gasteiger partial charge in [0.15, 0.2) is 0 Å². The van der Waals surface area contributed by atoms with Gasteiger partial charge in [-0.05, 0) is 6.42 Å². The van der Waals surface area contributed by atoms with Gasteiger partial charge in [-0.2, -0.15) is 0 Å². The molecule has 1 rings (SSSR count). The zero-order valence-electron chi connectivity index (χ0n) is 6.17. The molecule has 0 bridgehead atoms. The lowest BCUT2D eigenvalue weighted by Crippen LogP contribution is -3.10. The van der Waals surface area contributed by atoms with Crippen LogP contribution < -0.4 is 5.23 Å². The van der Waals surface area contributed by atoms with Crippen LogP contribution in [0.1, 0.15) is 19.3 Å². The maximum atomic E-state index is 10.9. The minimum Gasteiger partial charge on any atom is -0.600 e. The Morgan fingerprint density at radius 3 is 2.90 bits per heavy atom. The van der Waals surface area contributed by atoms with Crippen molar-refractivity contribution in [2.24, 2.45) is 0 Å². The van der Waals surface area contributed by atoms with E-state index in [1.54, 1.807) is 0 Å². The van der Waals surface area contributed by atoms with Crippen LogP contribution in [0.5, 0.6) is 0 Å². The first-order valence-corrected chi connectivity index (χ1v) is 3.57. The van der Waals surface area contributed by atoms with Gasteiger partial charge in [0, 0.05) is 12.8 Å². The van der Waals surface area contributed by atoms with E-state index < -0.39 is 0 Å². The Balaban J connectivity index is 2.33. The molecule has 1 aliphatic carbocycles.